The molecule has 0 spiro atoms. The summed E-state index contributed by atoms with van der Waals surface area (Å²) in [6.45, 7) is 9.76. The van der Waals surface area contributed by atoms with Gasteiger partial charge in [-0.1, -0.05) is 50.0 Å². The van der Waals surface area contributed by atoms with Crippen molar-refractivity contribution in [3.05, 3.63) is 34.1 Å². The Morgan fingerprint density at radius 1 is 1.37 bits per heavy atom. The Kier molecular flexibility index (Phi) is 6.48. The first kappa shape index (κ1) is 16.6. The molecule has 19 heavy (non-hydrogen) atoms. The average molecular weight is 330 g/mol. The van der Waals surface area contributed by atoms with Crippen LogP contribution in [0.5, 0.6) is 0 Å². The van der Waals surface area contributed by atoms with Gasteiger partial charge in [-0.2, -0.15) is 0 Å². The maximum absolute atomic E-state index is 13.4. The lowest BCUT2D eigenvalue weighted by Gasteiger charge is -2.31. The molecule has 0 aliphatic carbocycles. The number of hydrogen-bond acceptors (Lipinski definition) is 1. The topological polar surface area (TPSA) is 12.0 Å². The van der Waals surface area contributed by atoms with Gasteiger partial charge in [-0.3, -0.25) is 0 Å². The molecule has 0 fully saturated rings. The van der Waals surface area contributed by atoms with Crippen LogP contribution in [0.25, 0.3) is 0 Å². The highest BCUT2D eigenvalue weighted by Gasteiger charge is 2.25. The SMILES string of the molecule is CCCC(C)(CNC(C)C)Cc1cc(F)ccc1Br. The van der Waals surface area contributed by atoms with Crippen LogP contribution in [0.4, 0.5) is 4.39 Å². The zero-order valence-electron chi connectivity index (χ0n) is 12.4. The van der Waals surface area contributed by atoms with Crippen molar-refractivity contribution in [3.63, 3.8) is 0 Å². The van der Waals surface area contributed by atoms with Crippen LogP contribution in [0, 0.1) is 11.2 Å². The predicted molar refractivity (Wildman–Crippen MR) is 84.0 cm³/mol. The summed E-state index contributed by atoms with van der Waals surface area (Å²) in [4.78, 5) is 0. The number of benzene rings is 1. The fraction of sp³-hybridized carbons (Fsp3) is 0.625. The quantitative estimate of drug-likeness (QED) is 0.747. The summed E-state index contributed by atoms with van der Waals surface area (Å²) < 4.78 is 14.4. The first-order chi connectivity index (χ1) is 8.86. The molecule has 1 atom stereocenters. The van der Waals surface area contributed by atoms with Crippen molar-refractivity contribution in [2.24, 2.45) is 5.41 Å². The van der Waals surface area contributed by atoms with Gasteiger partial charge in [-0.25, -0.2) is 4.39 Å². The molecule has 1 rings (SSSR count). The van der Waals surface area contributed by atoms with E-state index in [4.69, 9.17) is 0 Å². The second-order valence-corrected chi connectivity index (χ2v) is 6.86. The van der Waals surface area contributed by atoms with Crippen molar-refractivity contribution in [1.29, 1.82) is 0 Å². The third kappa shape index (κ3) is 5.62. The highest BCUT2D eigenvalue weighted by molar-refractivity contribution is 9.10. The van der Waals surface area contributed by atoms with Gasteiger partial charge in [-0.15, -0.1) is 0 Å². The van der Waals surface area contributed by atoms with Crippen molar-refractivity contribution in [1.82, 2.24) is 5.32 Å². The lowest BCUT2D eigenvalue weighted by Crippen LogP contribution is -2.37. The zero-order chi connectivity index (χ0) is 14.5. The second kappa shape index (κ2) is 7.39. The second-order valence-electron chi connectivity index (χ2n) is 6.01. The van der Waals surface area contributed by atoms with Crippen LogP contribution in [0.3, 0.4) is 0 Å². The highest BCUT2D eigenvalue weighted by atomic mass is 79.9. The maximum atomic E-state index is 13.4. The summed E-state index contributed by atoms with van der Waals surface area (Å²) in [5.74, 6) is -0.158. The summed E-state index contributed by atoms with van der Waals surface area (Å²) in [7, 11) is 0. The standard InChI is InChI=1S/C16H25BrFN/c1-5-8-16(4,11-19-12(2)3)10-13-9-14(18)6-7-15(13)17/h6-7,9,12,19H,5,8,10-11H2,1-4H3. The molecule has 0 radical (unpaired) electrons. The summed E-state index contributed by atoms with van der Waals surface area (Å²) in [5, 5.41) is 3.52. The summed E-state index contributed by atoms with van der Waals surface area (Å²) in [5.41, 5.74) is 1.22. The van der Waals surface area contributed by atoms with E-state index in [1.54, 1.807) is 12.1 Å². The van der Waals surface area contributed by atoms with Crippen LogP contribution in [0.15, 0.2) is 22.7 Å². The van der Waals surface area contributed by atoms with E-state index < -0.39 is 0 Å². The average Bonchev–Trinajstić information content (AvgIpc) is 2.32. The van der Waals surface area contributed by atoms with Crippen LogP contribution in [0.1, 0.15) is 46.1 Å². The van der Waals surface area contributed by atoms with E-state index in [2.05, 4.69) is 48.9 Å². The number of rotatable bonds is 7. The molecule has 1 aromatic rings. The lowest BCUT2D eigenvalue weighted by atomic mass is 9.79. The third-order valence-electron chi connectivity index (χ3n) is 3.42. The molecule has 3 heteroatoms. The maximum Gasteiger partial charge on any atom is 0.123 e. The molecule has 0 heterocycles. The van der Waals surface area contributed by atoms with Gasteiger partial charge in [0.2, 0.25) is 0 Å². The van der Waals surface area contributed by atoms with Crippen LogP contribution in [0.2, 0.25) is 0 Å². The molecule has 108 valence electrons. The van der Waals surface area contributed by atoms with Crippen molar-refractivity contribution in [2.75, 3.05) is 6.54 Å². The Morgan fingerprint density at radius 3 is 2.63 bits per heavy atom. The van der Waals surface area contributed by atoms with E-state index in [0.29, 0.717) is 6.04 Å². The first-order valence-electron chi connectivity index (χ1n) is 7.03. The van der Waals surface area contributed by atoms with E-state index in [0.717, 1.165) is 35.8 Å². The van der Waals surface area contributed by atoms with Crippen LogP contribution >= 0.6 is 15.9 Å². The molecule has 0 aromatic heterocycles. The van der Waals surface area contributed by atoms with Crippen molar-refractivity contribution in [3.8, 4) is 0 Å². The summed E-state index contributed by atoms with van der Waals surface area (Å²) >= 11 is 3.53. The summed E-state index contributed by atoms with van der Waals surface area (Å²) in [6.07, 6.45) is 3.16. The van der Waals surface area contributed by atoms with E-state index in [1.165, 1.54) is 6.07 Å². The molecule has 0 saturated heterocycles. The van der Waals surface area contributed by atoms with Crippen LogP contribution < -0.4 is 5.32 Å². The molecular weight excluding hydrogens is 305 g/mol. The summed E-state index contributed by atoms with van der Waals surface area (Å²) in [6, 6.07) is 5.42. The minimum atomic E-state index is -0.158. The molecule has 0 aliphatic rings. The van der Waals surface area contributed by atoms with Gasteiger partial charge >= 0.3 is 0 Å². The number of nitrogens with one attached hydrogen (secondary N) is 1. The van der Waals surface area contributed by atoms with Gasteiger partial charge in [0.25, 0.3) is 0 Å². The zero-order valence-corrected chi connectivity index (χ0v) is 14.0. The monoisotopic (exact) mass is 329 g/mol. The molecular formula is C16H25BrFN. The molecule has 1 unspecified atom stereocenters. The Balaban J connectivity index is 2.84. The molecule has 1 aromatic carbocycles. The van der Waals surface area contributed by atoms with Gasteiger partial charge < -0.3 is 5.32 Å². The third-order valence-corrected chi connectivity index (χ3v) is 4.19. The fourth-order valence-electron chi connectivity index (χ4n) is 2.43. The van der Waals surface area contributed by atoms with Crippen molar-refractivity contribution >= 4 is 15.9 Å². The van der Waals surface area contributed by atoms with E-state index >= 15 is 0 Å². The van der Waals surface area contributed by atoms with E-state index in [-0.39, 0.29) is 11.2 Å². The smallest absolute Gasteiger partial charge is 0.123 e. The van der Waals surface area contributed by atoms with Crippen LogP contribution in [-0.4, -0.2) is 12.6 Å². The Morgan fingerprint density at radius 2 is 2.05 bits per heavy atom. The molecule has 0 amide bonds. The highest BCUT2D eigenvalue weighted by Crippen LogP contribution is 2.31. The minimum absolute atomic E-state index is 0.158. The number of hydrogen-bond donors (Lipinski definition) is 1. The first-order valence-corrected chi connectivity index (χ1v) is 7.83. The Hall–Kier alpha value is -0.410. The normalized spacial score (nSPS) is 14.7. The van der Waals surface area contributed by atoms with Crippen LogP contribution in [-0.2, 0) is 6.42 Å². The van der Waals surface area contributed by atoms with E-state index in [9.17, 15) is 4.39 Å². The molecule has 1 nitrogen and oxygen atoms in total. The Bertz CT molecular complexity index is 406. The van der Waals surface area contributed by atoms with E-state index in [1.807, 2.05) is 0 Å². The fourth-order valence-corrected chi connectivity index (χ4v) is 2.82. The van der Waals surface area contributed by atoms with Gasteiger partial charge in [-0.05, 0) is 42.0 Å². The van der Waals surface area contributed by atoms with Gasteiger partial charge in [0, 0.05) is 17.1 Å². The minimum Gasteiger partial charge on any atom is -0.314 e. The molecule has 1 N–H and O–H groups in total. The lowest BCUT2D eigenvalue weighted by molar-refractivity contribution is 0.266. The van der Waals surface area contributed by atoms with Gasteiger partial charge in [0.05, 0.1) is 0 Å². The van der Waals surface area contributed by atoms with Gasteiger partial charge in [0.1, 0.15) is 5.82 Å². The van der Waals surface area contributed by atoms with Crippen molar-refractivity contribution in [2.45, 2.75) is 53.0 Å². The largest absolute Gasteiger partial charge is 0.314 e. The molecule has 0 aliphatic heterocycles. The molecule has 0 bridgehead atoms. The predicted octanol–water partition coefficient (Wildman–Crippen LogP) is 4.94. The van der Waals surface area contributed by atoms with Gasteiger partial charge in [0.15, 0.2) is 0 Å². The Labute approximate surface area is 125 Å². The van der Waals surface area contributed by atoms with Crippen molar-refractivity contribution < 1.29 is 4.39 Å². The number of halogens is 2. The molecule has 0 saturated carbocycles.